The molecule has 0 bridgehead atoms. The summed E-state index contributed by atoms with van der Waals surface area (Å²) in [6.45, 7) is 9.37. The molecule has 8 nitrogen and oxygen atoms in total. The summed E-state index contributed by atoms with van der Waals surface area (Å²) in [4.78, 5) is 9.60. The summed E-state index contributed by atoms with van der Waals surface area (Å²) in [6, 6.07) is 8.27. The van der Waals surface area contributed by atoms with Crippen LogP contribution in [0.2, 0.25) is 0 Å². The predicted octanol–water partition coefficient (Wildman–Crippen LogP) is 2.20. The molecule has 2 aromatic rings. The lowest BCUT2D eigenvalue weighted by Crippen LogP contribution is -2.52. The first-order valence-corrected chi connectivity index (χ1v) is 10.4. The second kappa shape index (κ2) is 10.1. The molecule has 1 aromatic heterocycles. The highest BCUT2D eigenvalue weighted by Gasteiger charge is 2.20. The van der Waals surface area contributed by atoms with Gasteiger partial charge in [-0.1, -0.05) is 19.4 Å². The Bertz CT molecular complexity index is 809. The third-order valence-corrected chi connectivity index (χ3v) is 5.36. The number of unbranched alkanes of at least 4 members (excludes halogenated alkanes) is 1. The van der Waals surface area contributed by atoms with Gasteiger partial charge < -0.3 is 24.4 Å². The SMILES string of the molecule is CCCCNC(=NCc1nnc(C)n1C)N1CCN(c2cccc(OC)c2)CC1. The van der Waals surface area contributed by atoms with Crippen molar-refractivity contribution >= 4 is 11.6 Å². The number of benzene rings is 1. The van der Waals surface area contributed by atoms with E-state index in [4.69, 9.17) is 9.73 Å². The first kappa shape index (κ1) is 21.0. The number of piperazine rings is 1. The van der Waals surface area contributed by atoms with Gasteiger partial charge in [-0.05, 0) is 25.5 Å². The van der Waals surface area contributed by atoms with Crippen molar-refractivity contribution in [2.75, 3.05) is 44.7 Å². The van der Waals surface area contributed by atoms with Gasteiger partial charge in [0.1, 0.15) is 18.1 Å². The van der Waals surface area contributed by atoms with Crippen LogP contribution >= 0.6 is 0 Å². The van der Waals surface area contributed by atoms with Gasteiger partial charge in [-0.2, -0.15) is 0 Å². The van der Waals surface area contributed by atoms with Crippen molar-refractivity contribution in [2.45, 2.75) is 33.2 Å². The van der Waals surface area contributed by atoms with Crippen molar-refractivity contribution < 1.29 is 4.74 Å². The highest BCUT2D eigenvalue weighted by Crippen LogP contribution is 2.22. The number of aromatic nitrogens is 3. The van der Waals surface area contributed by atoms with E-state index in [2.05, 4.69) is 44.4 Å². The van der Waals surface area contributed by atoms with Crippen LogP contribution in [0.4, 0.5) is 5.69 Å². The maximum Gasteiger partial charge on any atom is 0.194 e. The molecule has 0 aliphatic carbocycles. The van der Waals surface area contributed by atoms with Crippen LogP contribution in [0.25, 0.3) is 0 Å². The summed E-state index contributed by atoms with van der Waals surface area (Å²) in [5, 5.41) is 11.9. The third kappa shape index (κ3) is 5.40. The molecule has 0 atom stereocenters. The smallest absolute Gasteiger partial charge is 0.194 e. The second-order valence-electron chi connectivity index (χ2n) is 7.32. The molecule has 1 N–H and O–H groups in total. The first-order chi connectivity index (χ1) is 14.1. The Morgan fingerprint density at radius 1 is 1.21 bits per heavy atom. The van der Waals surface area contributed by atoms with Gasteiger partial charge >= 0.3 is 0 Å². The van der Waals surface area contributed by atoms with Crippen LogP contribution in [-0.4, -0.2) is 65.5 Å². The summed E-state index contributed by atoms with van der Waals surface area (Å²) in [5.41, 5.74) is 1.20. The molecule has 29 heavy (non-hydrogen) atoms. The molecule has 158 valence electrons. The minimum atomic E-state index is 0.530. The number of guanidine groups is 1. The highest BCUT2D eigenvalue weighted by atomic mass is 16.5. The highest BCUT2D eigenvalue weighted by molar-refractivity contribution is 5.80. The number of hydrogen-bond donors (Lipinski definition) is 1. The van der Waals surface area contributed by atoms with Gasteiger partial charge in [0.25, 0.3) is 0 Å². The molecule has 2 heterocycles. The maximum atomic E-state index is 5.37. The van der Waals surface area contributed by atoms with E-state index in [0.717, 1.165) is 68.9 Å². The molecule has 0 spiro atoms. The Labute approximate surface area is 173 Å². The monoisotopic (exact) mass is 399 g/mol. The van der Waals surface area contributed by atoms with Gasteiger partial charge in [0, 0.05) is 51.5 Å². The van der Waals surface area contributed by atoms with E-state index in [9.17, 15) is 0 Å². The van der Waals surface area contributed by atoms with E-state index < -0.39 is 0 Å². The average molecular weight is 400 g/mol. The minimum absolute atomic E-state index is 0.530. The van der Waals surface area contributed by atoms with Crippen molar-refractivity contribution in [3.05, 3.63) is 35.9 Å². The van der Waals surface area contributed by atoms with Crippen LogP contribution in [0.15, 0.2) is 29.3 Å². The van der Waals surface area contributed by atoms with Crippen molar-refractivity contribution in [2.24, 2.45) is 12.0 Å². The number of nitrogens with zero attached hydrogens (tertiary/aromatic N) is 6. The van der Waals surface area contributed by atoms with Crippen molar-refractivity contribution in [1.82, 2.24) is 25.0 Å². The van der Waals surface area contributed by atoms with Crippen molar-refractivity contribution in [1.29, 1.82) is 0 Å². The molecule has 1 aliphatic rings. The van der Waals surface area contributed by atoms with Crippen LogP contribution in [0.5, 0.6) is 5.75 Å². The standard InChI is InChI=1S/C21H33N7O/c1-5-6-10-22-21(23-16-20-25-24-17(2)26(20)3)28-13-11-27(12-14-28)18-8-7-9-19(15-18)29-4/h7-9,15H,5-6,10-14,16H2,1-4H3,(H,22,23). The molecule has 0 amide bonds. The molecule has 0 unspecified atom stereocenters. The van der Waals surface area contributed by atoms with E-state index in [1.807, 2.05) is 30.7 Å². The van der Waals surface area contributed by atoms with Crippen molar-refractivity contribution in [3.63, 3.8) is 0 Å². The van der Waals surface area contributed by atoms with Crippen LogP contribution in [0, 0.1) is 6.92 Å². The lowest BCUT2D eigenvalue weighted by atomic mass is 10.2. The lowest BCUT2D eigenvalue weighted by molar-refractivity contribution is 0.370. The average Bonchev–Trinajstić information content (AvgIpc) is 3.08. The molecule has 1 aliphatic heterocycles. The van der Waals surface area contributed by atoms with Crippen LogP contribution in [-0.2, 0) is 13.6 Å². The molecule has 8 heteroatoms. The van der Waals surface area contributed by atoms with E-state index in [1.165, 1.54) is 5.69 Å². The van der Waals surface area contributed by atoms with Gasteiger partial charge in [-0.15, -0.1) is 10.2 Å². The number of ether oxygens (including phenoxy) is 1. The summed E-state index contributed by atoms with van der Waals surface area (Å²) < 4.78 is 7.36. The van der Waals surface area contributed by atoms with Crippen molar-refractivity contribution in [3.8, 4) is 5.75 Å². The molecule has 3 rings (SSSR count). The Kier molecular flexibility index (Phi) is 7.32. The number of hydrogen-bond acceptors (Lipinski definition) is 5. The quantitative estimate of drug-likeness (QED) is 0.437. The molecule has 1 aromatic carbocycles. The summed E-state index contributed by atoms with van der Waals surface area (Å²) in [6.07, 6.45) is 2.29. The summed E-state index contributed by atoms with van der Waals surface area (Å²) in [7, 11) is 3.69. The summed E-state index contributed by atoms with van der Waals surface area (Å²) >= 11 is 0. The second-order valence-corrected chi connectivity index (χ2v) is 7.32. The number of anilines is 1. The van der Waals surface area contributed by atoms with Gasteiger partial charge in [0.2, 0.25) is 0 Å². The van der Waals surface area contributed by atoms with Gasteiger partial charge in [-0.25, -0.2) is 4.99 Å². The fourth-order valence-corrected chi connectivity index (χ4v) is 3.36. The third-order valence-electron chi connectivity index (χ3n) is 5.36. The van der Waals surface area contributed by atoms with Gasteiger partial charge in [-0.3, -0.25) is 0 Å². The Morgan fingerprint density at radius 2 is 2.00 bits per heavy atom. The fourth-order valence-electron chi connectivity index (χ4n) is 3.36. The fraction of sp³-hybridized carbons (Fsp3) is 0.571. The number of aliphatic imine (C=N–C) groups is 1. The largest absolute Gasteiger partial charge is 0.497 e. The van der Waals surface area contributed by atoms with E-state index in [1.54, 1.807) is 7.11 Å². The minimum Gasteiger partial charge on any atom is -0.497 e. The number of nitrogens with one attached hydrogen (secondary N) is 1. The molecule has 1 fully saturated rings. The number of aryl methyl sites for hydroxylation is 1. The zero-order valence-electron chi connectivity index (χ0n) is 18.1. The zero-order chi connectivity index (χ0) is 20.6. The Morgan fingerprint density at radius 3 is 2.66 bits per heavy atom. The summed E-state index contributed by atoms with van der Waals surface area (Å²) in [5.74, 6) is 3.65. The number of methoxy groups -OCH3 is 1. The van der Waals surface area contributed by atoms with Crippen LogP contribution in [0.1, 0.15) is 31.4 Å². The van der Waals surface area contributed by atoms with Gasteiger partial charge in [0.05, 0.1) is 7.11 Å². The van der Waals surface area contributed by atoms with E-state index in [0.29, 0.717) is 6.54 Å². The number of rotatable bonds is 7. The molecule has 1 saturated heterocycles. The normalized spacial score (nSPS) is 15.0. The molecular weight excluding hydrogens is 366 g/mol. The first-order valence-electron chi connectivity index (χ1n) is 10.4. The van der Waals surface area contributed by atoms with Gasteiger partial charge in [0.15, 0.2) is 11.8 Å². The van der Waals surface area contributed by atoms with E-state index >= 15 is 0 Å². The van der Waals surface area contributed by atoms with Crippen LogP contribution in [0.3, 0.4) is 0 Å². The molecule has 0 radical (unpaired) electrons. The zero-order valence-corrected chi connectivity index (χ0v) is 18.1. The topological polar surface area (TPSA) is 70.8 Å². The molecular formula is C21H33N7O. The predicted molar refractivity (Wildman–Crippen MR) is 117 cm³/mol. The Hall–Kier alpha value is -2.77. The van der Waals surface area contributed by atoms with E-state index in [-0.39, 0.29) is 0 Å². The van der Waals surface area contributed by atoms with Crippen LogP contribution < -0.4 is 15.0 Å². The Balaban J connectivity index is 1.65. The maximum absolute atomic E-state index is 5.37. The lowest BCUT2D eigenvalue weighted by Gasteiger charge is -2.38. The molecule has 0 saturated carbocycles.